The fraction of sp³-hybridized carbons (Fsp3) is 0.250. The summed E-state index contributed by atoms with van der Waals surface area (Å²) < 4.78 is 28.1. The molecule has 0 spiro atoms. The lowest BCUT2D eigenvalue weighted by molar-refractivity contribution is -0.132. The van der Waals surface area contributed by atoms with Crippen LogP contribution in [0, 0.1) is 0 Å². The number of imide groups is 1. The Bertz CT molecular complexity index is 1100. The first kappa shape index (κ1) is 19.3. The molecule has 0 saturated carbocycles. The van der Waals surface area contributed by atoms with Crippen molar-refractivity contribution in [3.05, 3.63) is 64.9 Å². The molecule has 2 heterocycles. The molecule has 3 amide bonds. The SMILES string of the molecule is CC[C@]1(c2ccc(Cl)cc2)NC(=O)N(Cc2nc3ccccc3n2C(F)F)C1=O. The summed E-state index contributed by atoms with van der Waals surface area (Å²) in [5.74, 6) is -0.576. The van der Waals surface area contributed by atoms with Crippen LogP contribution in [0.25, 0.3) is 11.0 Å². The average Bonchev–Trinajstić information content (AvgIpc) is 3.19. The van der Waals surface area contributed by atoms with Gasteiger partial charge < -0.3 is 5.32 Å². The van der Waals surface area contributed by atoms with Crippen LogP contribution in [-0.2, 0) is 16.9 Å². The Kier molecular flexibility index (Phi) is 4.74. The Labute approximate surface area is 170 Å². The zero-order valence-electron chi connectivity index (χ0n) is 15.4. The van der Waals surface area contributed by atoms with Gasteiger partial charge in [-0.25, -0.2) is 9.78 Å². The number of nitrogens with one attached hydrogen (secondary N) is 1. The smallest absolute Gasteiger partial charge is 0.319 e. The van der Waals surface area contributed by atoms with Crippen molar-refractivity contribution in [3.8, 4) is 0 Å². The molecule has 1 atom stereocenters. The molecular formula is C20H17ClF2N4O2. The van der Waals surface area contributed by atoms with E-state index in [2.05, 4.69) is 10.3 Å². The predicted octanol–water partition coefficient (Wildman–Crippen LogP) is 4.44. The normalized spacial score (nSPS) is 19.4. The Hall–Kier alpha value is -3.00. The largest absolute Gasteiger partial charge is 0.325 e. The molecule has 0 aliphatic carbocycles. The van der Waals surface area contributed by atoms with Gasteiger partial charge in [-0.3, -0.25) is 14.3 Å². The lowest BCUT2D eigenvalue weighted by Crippen LogP contribution is -2.43. The van der Waals surface area contributed by atoms with Crippen molar-refractivity contribution in [2.45, 2.75) is 32.0 Å². The molecule has 1 saturated heterocycles. The number of fused-ring (bicyclic) bond motifs is 1. The molecule has 1 fully saturated rings. The van der Waals surface area contributed by atoms with E-state index in [1.165, 1.54) is 6.07 Å². The highest BCUT2D eigenvalue weighted by Gasteiger charge is 2.51. The molecule has 1 aliphatic heterocycles. The predicted molar refractivity (Wildman–Crippen MR) is 103 cm³/mol. The number of alkyl halides is 2. The summed E-state index contributed by atoms with van der Waals surface area (Å²) in [6.45, 7) is -1.45. The van der Waals surface area contributed by atoms with E-state index in [0.717, 1.165) is 9.47 Å². The van der Waals surface area contributed by atoms with Gasteiger partial charge in [-0.15, -0.1) is 0 Å². The van der Waals surface area contributed by atoms with Crippen LogP contribution in [0.3, 0.4) is 0 Å². The highest BCUT2D eigenvalue weighted by molar-refractivity contribution is 6.30. The number of para-hydroxylation sites is 2. The number of rotatable bonds is 5. The van der Waals surface area contributed by atoms with E-state index in [-0.39, 0.29) is 17.9 Å². The number of imidazole rings is 1. The van der Waals surface area contributed by atoms with Crippen molar-refractivity contribution in [1.29, 1.82) is 0 Å². The van der Waals surface area contributed by atoms with Crippen molar-refractivity contribution in [2.24, 2.45) is 0 Å². The highest BCUT2D eigenvalue weighted by Crippen LogP contribution is 2.34. The topological polar surface area (TPSA) is 67.2 Å². The maximum atomic E-state index is 13.7. The molecule has 4 rings (SSSR count). The molecule has 9 heteroatoms. The first-order valence-electron chi connectivity index (χ1n) is 9.01. The second-order valence-corrected chi connectivity index (χ2v) is 7.19. The number of urea groups is 1. The van der Waals surface area contributed by atoms with Gasteiger partial charge in [0.25, 0.3) is 5.91 Å². The molecule has 0 radical (unpaired) electrons. The van der Waals surface area contributed by atoms with Crippen LogP contribution in [0.5, 0.6) is 0 Å². The molecule has 1 aliphatic rings. The third kappa shape index (κ3) is 3.04. The van der Waals surface area contributed by atoms with Gasteiger partial charge in [-0.05, 0) is 36.2 Å². The lowest BCUT2D eigenvalue weighted by Gasteiger charge is -2.25. The first-order valence-corrected chi connectivity index (χ1v) is 9.39. The van der Waals surface area contributed by atoms with E-state index >= 15 is 0 Å². The minimum atomic E-state index is -2.86. The summed E-state index contributed by atoms with van der Waals surface area (Å²) in [6, 6.07) is 12.4. The second-order valence-electron chi connectivity index (χ2n) is 6.75. The van der Waals surface area contributed by atoms with Gasteiger partial charge in [0.05, 0.1) is 17.6 Å². The Balaban J connectivity index is 1.73. The lowest BCUT2D eigenvalue weighted by atomic mass is 9.87. The number of carbonyl (C=O) groups excluding carboxylic acids is 2. The molecule has 0 unspecified atom stereocenters. The van der Waals surface area contributed by atoms with Gasteiger partial charge in [-0.2, -0.15) is 8.78 Å². The number of carbonyl (C=O) groups is 2. The van der Waals surface area contributed by atoms with Crippen molar-refractivity contribution < 1.29 is 18.4 Å². The summed E-state index contributed by atoms with van der Waals surface area (Å²) in [5.41, 5.74) is -0.0884. The third-order valence-electron chi connectivity index (χ3n) is 5.21. The fourth-order valence-electron chi connectivity index (χ4n) is 3.71. The van der Waals surface area contributed by atoms with E-state index in [1.54, 1.807) is 49.4 Å². The van der Waals surface area contributed by atoms with Crippen LogP contribution in [0.4, 0.5) is 13.6 Å². The van der Waals surface area contributed by atoms with Gasteiger partial charge in [0.1, 0.15) is 11.4 Å². The standard InChI is InChI=1S/C20H17ClF2N4O2/c1-2-20(12-7-9-13(21)10-8-12)17(28)26(19(29)25-20)11-16-24-14-5-3-4-6-15(14)27(16)18(22)23/h3-10,18H,2,11H2,1H3,(H,25,29)/t20-/m1/s1. The van der Waals surface area contributed by atoms with Crippen LogP contribution >= 0.6 is 11.6 Å². The monoisotopic (exact) mass is 418 g/mol. The van der Waals surface area contributed by atoms with Crippen molar-refractivity contribution in [2.75, 3.05) is 0 Å². The summed E-state index contributed by atoms with van der Waals surface area (Å²) in [7, 11) is 0. The molecule has 150 valence electrons. The molecule has 1 N–H and O–H groups in total. The molecule has 2 aromatic carbocycles. The quantitative estimate of drug-likeness (QED) is 0.623. The number of benzene rings is 2. The maximum Gasteiger partial charge on any atom is 0.325 e. The summed E-state index contributed by atoms with van der Waals surface area (Å²) >= 11 is 5.93. The van der Waals surface area contributed by atoms with E-state index in [1.807, 2.05) is 0 Å². The maximum absolute atomic E-state index is 13.7. The number of aromatic nitrogens is 2. The number of nitrogens with zero attached hydrogens (tertiary/aromatic N) is 3. The molecule has 3 aromatic rings. The molecular weight excluding hydrogens is 402 g/mol. The van der Waals surface area contributed by atoms with Crippen LogP contribution in [0.1, 0.15) is 31.3 Å². The number of halogens is 3. The van der Waals surface area contributed by atoms with Gasteiger partial charge in [-0.1, -0.05) is 42.8 Å². The van der Waals surface area contributed by atoms with Crippen molar-refractivity contribution >= 4 is 34.6 Å². The molecule has 6 nitrogen and oxygen atoms in total. The minimum Gasteiger partial charge on any atom is -0.319 e. The number of amides is 3. The van der Waals surface area contributed by atoms with Gasteiger partial charge in [0, 0.05) is 5.02 Å². The van der Waals surface area contributed by atoms with Crippen LogP contribution in [-0.4, -0.2) is 26.4 Å². The third-order valence-corrected chi connectivity index (χ3v) is 5.46. The van der Waals surface area contributed by atoms with Crippen LogP contribution in [0.2, 0.25) is 5.02 Å². The van der Waals surface area contributed by atoms with E-state index in [0.29, 0.717) is 22.5 Å². The van der Waals surface area contributed by atoms with Crippen molar-refractivity contribution in [3.63, 3.8) is 0 Å². The Morgan fingerprint density at radius 2 is 1.83 bits per heavy atom. The van der Waals surface area contributed by atoms with Crippen LogP contribution in [0.15, 0.2) is 48.5 Å². The number of hydrogen-bond donors (Lipinski definition) is 1. The van der Waals surface area contributed by atoms with E-state index < -0.39 is 24.0 Å². The number of hydrogen-bond acceptors (Lipinski definition) is 3. The fourth-order valence-corrected chi connectivity index (χ4v) is 3.83. The zero-order valence-corrected chi connectivity index (χ0v) is 16.2. The van der Waals surface area contributed by atoms with Crippen LogP contribution < -0.4 is 5.32 Å². The second kappa shape index (κ2) is 7.11. The average molecular weight is 419 g/mol. The van der Waals surface area contributed by atoms with E-state index in [9.17, 15) is 18.4 Å². The molecule has 29 heavy (non-hydrogen) atoms. The Morgan fingerprint density at radius 1 is 1.14 bits per heavy atom. The zero-order chi connectivity index (χ0) is 20.8. The highest BCUT2D eigenvalue weighted by atomic mass is 35.5. The first-order chi connectivity index (χ1) is 13.9. The summed E-state index contributed by atoms with van der Waals surface area (Å²) in [6.07, 6.45) is 0.293. The van der Waals surface area contributed by atoms with Gasteiger partial charge >= 0.3 is 12.6 Å². The van der Waals surface area contributed by atoms with Gasteiger partial charge in [0.15, 0.2) is 0 Å². The summed E-state index contributed by atoms with van der Waals surface area (Å²) in [4.78, 5) is 31.0. The van der Waals surface area contributed by atoms with Crippen molar-refractivity contribution in [1.82, 2.24) is 19.8 Å². The molecule has 1 aromatic heterocycles. The van der Waals surface area contributed by atoms with E-state index in [4.69, 9.17) is 11.6 Å². The molecule has 0 bridgehead atoms. The minimum absolute atomic E-state index is 0.0623. The Morgan fingerprint density at radius 3 is 2.48 bits per heavy atom. The van der Waals surface area contributed by atoms with Gasteiger partial charge in [0.2, 0.25) is 0 Å². The summed E-state index contributed by atoms with van der Waals surface area (Å²) in [5, 5.41) is 3.22.